The number of ether oxygens (including phenoxy) is 3. The molecule has 3 aromatic carbocycles. The average molecular weight is 434 g/mol. The topological polar surface area (TPSA) is 56.8 Å². The molecule has 1 atom stereocenters. The number of carbonyl (C=O) groups excluding carboxylic acids is 1. The van der Waals surface area contributed by atoms with Crippen molar-refractivity contribution in [3.63, 3.8) is 0 Å². The van der Waals surface area contributed by atoms with Crippen molar-refractivity contribution in [2.45, 2.75) is 32.7 Å². The number of benzene rings is 3. The molecule has 5 heteroatoms. The van der Waals surface area contributed by atoms with Gasteiger partial charge < -0.3 is 19.5 Å². The Morgan fingerprint density at radius 2 is 1.53 bits per heavy atom. The molecule has 5 nitrogen and oxygen atoms in total. The van der Waals surface area contributed by atoms with Crippen LogP contribution in [0.3, 0.4) is 0 Å². The number of para-hydroxylation sites is 1. The van der Waals surface area contributed by atoms with Crippen LogP contribution in [0.2, 0.25) is 0 Å². The minimum atomic E-state index is -0.206. The lowest BCUT2D eigenvalue weighted by molar-refractivity contribution is 0.0931. The van der Waals surface area contributed by atoms with Crippen LogP contribution >= 0.6 is 0 Å². The van der Waals surface area contributed by atoms with E-state index in [1.165, 1.54) is 5.56 Å². The molecule has 32 heavy (non-hydrogen) atoms. The van der Waals surface area contributed by atoms with Crippen molar-refractivity contribution in [1.82, 2.24) is 5.32 Å². The third-order valence-electron chi connectivity index (χ3n) is 5.19. The Morgan fingerprint density at radius 3 is 2.25 bits per heavy atom. The van der Waals surface area contributed by atoms with Gasteiger partial charge in [-0.25, -0.2) is 0 Å². The first-order chi connectivity index (χ1) is 15.7. The summed E-state index contributed by atoms with van der Waals surface area (Å²) >= 11 is 0. The number of carbonyl (C=O) groups is 1. The fraction of sp³-hybridized carbons (Fsp3) is 0.296. The summed E-state index contributed by atoms with van der Waals surface area (Å²) in [5.74, 6) is 1.76. The van der Waals surface area contributed by atoms with Gasteiger partial charge in [0.05, 0.1) is 31.9 Å². The lowest BCUT2D eigenvalue weighted by Gasteiger charge is -2.22. The summed E-state index contributed by atoms with van der Waals surface area (Å²) in [6, 6.07) is 23.2. The molecule has 168 valence electrons. The zero-order valence-corrected chi connectivity index (χ0v) is 19.0. The van der Waals surface area contributed by atoms with Gasteiger partial charge in [0.25, 0.3) is 5.91 Å². The molecule has 3 aromatic rings. The molecule has 1 N–H and O–H groups in total. The van der Waals surface area contributed by atoms with E-state index in [1.54, 1.807) is 19.2 Å². The molecule has 0 radical (unpaired) electrons. The number of methoxy groups -OCH3 is 1. The third kappa shape index (κ3) is 6.03. The Hall–Kier alpha value is -3.47. The molecule has 0 heterocycles. The van der Waals surface area contributed by atoms with Crippen LogP contribution in [0.4, 0.5) is 0 Å². The smallest absolute Gasteiger partial charge is 0.255 e. The van der Waals surface area contributed by atoms with Gasteiger partial charge in [-0.3, -0.25) is 4.79 Å². The van der Waals surface area contributed by atoms with E-state index in [0.29, 0.717) is 36.0 Å². The van der Waals surface area contributed by atoms with Gasteiger partial charge in [-0.15, -0.1) is 0 Å². The molecule has 0 saturated carbocycles. The lowest BCUT2D eigenvalue weighted by Crippen LogP contribution is -2.29. The molecule has 0 saturated heterocycles. The Bertz CT molecular complexity index is 1000. The van der Waals surface area contributed by atoms with E-state index >= 15 is 0 Å². The van der Waals surface area contributed by atoms with Crippen molar-refractivity contribution in [1.29, 1.82) is 0 Å². The van der Waals surface area contributed by atoms with E-state index in [0.717, 1.165) is 18.4 Å². The average Bonchev–Trinajstić information content (AvgIpc) is 2.83. The summed E-state index contributed by atoms with van der Waals surface area (Å²) in [5.41, 5.74) is 2.70. The number of hydrogen-bond donors (Lipinski definition) is 1. The van der Waals surface area contributed by atoms with Crippen molar-refractivity contribution < 1.29 is 19.0 Å². The van der Waals surface area contributed by atoms with Crippen LogP contribution in [-0.2, 0) is 6.42 Å². The molecular formula is C27H31NO4. The monoisotopic (exact) mass is 433 g/mol. The van der Waals surface area contributed by atoms with Gasteiger partial charge in [0.2, 0.25) is 0 Å². The standard InChI is InChI=1S/C27H31NO4/c1-4-31-25-18-16-21(19-26(25)32-5-2)23(17-15-20-11-7-6-8-12-20)28-27(29)22-13-9-10-14-24(22)30-3/h6-14,16,18-19,23H,4-5,15,17H2,1-3H3,(H,28,29)/t23-/m1/s1. The van der Waals surface area contributed by atoms with Crippen LogP contribution in [0.15, 0.2) is 72.8 Å². The molecule has 1 amide bonds. The highest BCUT2D eigenvalue weighted by molar-refractivity contribution is 5.97. The van der Waals surface area contributed by atoms with E-state index in [2.05, 4.69) is 17.4 Å². The van der Waals surface area contributed by atoms with Crippen LogP contribution in [0.1, 0.15) is 47.8 Å². The summed E-state index contributed by atoms with van der Waals surface area (Å²) in [6.45, 7) is 4.98. The normalized spacial score (nSPS) is 11.5. The third-order valence-corrected chi connectivity index (χ3v) is 5.19. The number of aryl methyl sites for hydroxylation is 1. The maximum Gasteiger partial charge on any atom is 0.255 e. The number of nitrogens with one attached hydrogen (secondary N) is 1. The van der Waals surface area contributed by atoms with Gasteiger partial charge in [0.15, 0.2) is 11.5 Å². The fourth-order valence-electron chi connectivity index (χ4n) is 3.63. The molecule has 0 aliphatic heterocycles. The van der Waals surface area contributed by atoms with E-state index in [9.17, 15) is 4.79 Å². The van der Waals surface area contributed by atoms with E-state index in [1.807, 2.05) is 62.4 Å². The first kappa shape index (κ1) is 23.2. The van der Waals surface area contributed by atoms with E-state index in [-0.39, 0.29) is 11.9 Å². The van der Waals surface area contributed by atoms with E-state index < -0.39 is 0 Å². The minimum absolute atomic E-state index is 0.174. The molecule has 0 aromatic heterocycles. The van der Waals surface area contributed by atoms with Crippen molar-refractivity contribution in [2.75, 3.05) is 20.3 Å². The van der Waals surface area contributed by atoms with Crippen LogP contribution < -0.4 is 19.5 Å². The van der Waals surface area contributed by atoms with Crippen LogP contribution in [-0.4, -0.2) is 26.2 Å². The van der Waals surface area contributed by atoms with Crippen molar-refractivity contribution >= 4 is 5.91 Å². The van der Waals surface area contributed by atoms with Crippen LogP contribution in [0.25, 0.3) is 0 Å². The van der Waals surface area contributed by atoms with Gasteiger partial charge in [0, 0.05) is 0 Å². The maximum atomic E-state index is 13.2. The number of rotatable bonds is 11. The summed E-state index contributed by atoms with van der Waals surface area (Å²) in [4.78, 5) is 13.2. The second-order valence-corrected chi connectivity index (χ2v) is 7.32. The first-order valence-electron chi connectivity index (χ1n) is 11.0. The molecule has 3 rings (SSSR count). The zero-order valence-electron chi connectivity index (χ0n) is 19.0. The van der Waals surface area contributed by atoms with E-state index in [4.69, 9.17) is 14.2 Å². The molecule has 0 aliphatic carbocycles. The molecule has 0 unspecified atom stereocenters. The highest BCUT2D eigenvalue weighted by Gasteiger charge is 2.20. The molecule has 0 fully saturated rings. The second-order valence-electron chi connectivity index (χ2n) is 7.32. The largest absolute Gasteiger partial charge is 0.496 e. The summed E-state index contributed by atoms with van der Waals surface area (Å²) in [7, 11) is 1.57. The predicted octanol–water partition coefficient (Wildman–Crippen LogP) is 5.60. The zero-order chi connectivity index (χ0) is 22.8. The number of amides is 1. The Morgan fingerprint density at radius 1 is 0.844 bits per heavy atom. The van der Waals surface area contributed by atoms with Gasteiger partial charge in [-0.2, -0.15) is 0 Å². The highest BCUT2D eigenvalue weighted by atomic mass is 16.5. The van der Waals surface area contributed by atoms with Gasteiger partial charge >= 0.3 is 0 Å². The van der Waals surface area contributed by atoms with Crippen molar-refractivity contribution in [3.05, 3.63) is 89.5 Å². The van der Waals surface area contributed by atoms with Crippen molar-refractivity contribution in [2.24, 2.45) is 0 Å². The van der Waals surface area contributed by atoms with Crippen molar-refractivity contribution in [3.8, 4) is 17.2 Å². The maximum absolute atomic E-state index is 13.2. The Balaban J connectivity index is 1.89. The second kappa shape index (κ2) is 11.8. The van der Waals surface area contributed by atoms with Gasteiger partial charge in [-0.05, 0) is 62.1 Å². The molecule has 0 bridgehead atoms. The Labute approximate surface area is 190 Å². The first-order valence-corrected chi connectivity index (χ1v) is 11.0. The minimum Gasteiger partial charge on any atom is -0.496 e. The molecular weight excluding hydrogens is 402 g/mol. The molecule has 0 spiro atoms. The highest BCUT2D eigenvalue weighted by Crippen LogP contribution is 2.32. The van der Waals surface area contributed by atoms with Crippen LogP contribution in [0, 0.1) is 0 Å². The fourth-order valence-corrected chi connectivity index (χ4v) is 3.63. The Kier molecular flexibility index (Phi) is 8.55. The molecule has 0 aliphatic rings. The quantitative estimate of drug-likeness (QED) is 0.428. The lowest BCUT2D eigenvalue weighted by atomic mass is 9.98. The van der Waals surface area contributed by atoms with Crippen LogP contribution in [0.5, 0.6) is 17.2 Å². The van der Waals surface area contributed by atoms with Gasteiger partial charge in [-0.1, -0.05) is 48.5 Å². The summed E-state index contributed by atoms with van der Waals surface area (Å²) in [6.07, 6.45) is 1.57. The SMILES string of the molecule is CCOc1ccc([C@@H](CCc2ccccc2)NC(=O)c2ccccc2OC)cc1OCC. The van der Waals surface area contributed by atoms with Gasteiger partial charge in [0.1, 0.15) is 5.75 Å². The summed E-state index contributed by atoms with van der Waals surface area (Å²) < 4.78 is 16.9. The predicted molar refractivity (Wildman–Crippen MR) is 127 cm³/mol. The summed E-state index contributed by atoms with van der Waals surface area (Å²) in [5, 5.41) is 3.20. The number of hydrogen-bond acceptors (Lipinski definition) is 4.